The van der Waals surface area contributed by atoms with E-state index in [4.69, 9.17) is 4.74 Å². The van der Waals surface area contributed by atoms with Gasteiger partial charge >= 0.3 is 0 Å². The van der Waals surface area contributed by atoms with E-state index in [1.165, 1.54) is 47.9 Å². The van der Waals surface area contributed by atoms with Crippen molar-refractivity contribution in [1.29, 1.82) is 0 Å². The van der Waals surface area contributed by atoms with E-state index in [9.17, 15) is 10.2 Å². The number of aromatic hydroxyl groups is 1. The molecule has 3 atom stereocenters. The Morgan fingerprint density at radius 1 is 0.912 bits per heavy atom. The Bertz CT molecular complexity index is 1450. The van der Waals surface area contributed by atoms with Gasteiger partial charge in [0.2, 0.25) is 0 Å². The average Bonchev–Trinajstić information content (AvgIpc) is 3.57. The van der Waals surface area contributed by atoms with Gasteiger partial charge < -0.3 is 14.9 Å². The monoisotopic (exact) mass is 448 g/mol. The Kier molecular flexibility index (Phi) is 4.20. The average molecular weight is 449 g/mol. The van der Waals surface area contributed by atoms with Gasteiger partial charge in [-0.05, 0) is 106 Å². The minimum atomic E-state index is -0.0563. The summed E-state index contributed by atoms with van der Waals surface area (Å²) in [5, 5.41) is 23.6. The summed E-state index contributed by atoms with van der Waals surface area (Å²) in [6, 6.07) is 23.0. The molecule has 0 radical (unpaired) electrons. The van der Waals surface area contributed by atoms with E-state index >= 15 is 0 Å². The summed E-state index contributed by atoms with van der Waals surface area (Å²) in [5.41, 5.74) is 8.13. The molecule has 3 aliphatic carbocycles. The quantitative estimate of drug-likeness (QED) is 0.362. The molecular weight excluding hydrogens is 420 g/mol. The second-order valence-corrected chi connectivity index (χ2v) is 10.4. The first-order valence-corrected chi connectivity index (χ1v) is 12.3. The van der Waals surface area contributed by atoms with Gasteiger partial charge in [-0.2, -0.15) is 0 Å². The summed E-state index contributed by atoms with van der Waals surface area (Å²) in [6.07, 6.45) is 5.09. The molecule has 3 nitrogen and oxygen atoms in total. The van der Waals surface area contributed by atoms with Crippen LogP contribution in [0.4, 0.5) is 0 Å². The fourth-order valence-electron chi connectivity index (χ4n) is 7.53. The molecule has 7 rings (SSSR count). The van der Waals surface area contributed by atoms with Crippen LogP contribution < -0.4 is 4.74 Å². The third-order valence-electron chi connectivity index (χ3n) is 8.92. The van der Waals surface area contributed by atoms with Crippen LogP contribution in [0.25, 0.3) is 33.0 Å². The number of hydrogen-bond donors (Lipinski definition) is 2. The van der Waals surface area contributed by atoms with Crippen LogP contribution in [0.2, 0.25) is 0 Å². The highest BCUT2D eigenvalue weighted by Crippen LogP contribution is 2.67. The molecule has 3 heteroatoms. The Morgan fingerprint density at radius 3 is 2.44 bits per heavy atom. The molecule has 0 saturated heterocycles. The van der Waals surface area contributed by atoms with Crippen molar-refractivity contribution >= 4 is 10.8 Å². The van der Waals surface area contributed by atoms with Crippen LogP contribution in [0.5, 0.6) is 11.5 Å². The zero-order chi connectivity index (χ0) is 23.0. The Morgan fingerprint density at radius 2 is 1.74 bits per heavy atom. The lowest BCUT2D eigenvalue weighted by atomic mass is 9.66. The van der Waals surface area contributed by atoms with Gasteiger partial charge in [-0.3, -0.25) is 0 Å². The summed E-state index contributed by atoms with van der Waals surface area (Å²) in [4.78, 5) is 0. The molecule has 2 saturated carbocycles. The van der Waals surface area contributed by atoms with Gasteiger partial charge in [0.25, 0.3) is 0 Å². The smallest absolute Gasteiger partial charge is 0.123 e. The lowest BCUT2D eigenvalue weighted by molar-refractivity contribution is 0.282. The van der Waals surface area contributed by atoms with Crippen molar-refractivity contribution in [1.82, 2.24) is 0 Å². The first kappa shape index (κ1) is 20.1. The van der Waals surface area contributed by atoms with E-state index in [2.05, 4.69) is 36.4 Å². The zero-order valence-corrected chi connectivity index (χ0v) is 19.3. The van der Waals surface area contributed by atoms with Crippen LogP contribution in [0.3, 0.4) is 0 Å². The van der Waals surface area contributed by atoms with Gasteiger partial charge in [-0.15, -0.1) is 0 Å². The fraction of sp³-hybridized carbons (Fsp3) is 0.290. The van der Waals surface area contributed by atoms with Crippen molar-refractivity contribution in [2.45, 2.75) is 37.7 Å². The van der Waals surface area contributed by atoms with Crippen LogP contribution in [-0.2, 0) is 12.0 Å². The molecular formula is C31H28O3. The predicted molar refractivity (Wildman–Crippen MR) is 135 cm³/mol. The van der Waals surface area contributed by atoms with E-state index in [1.807, 2.05) is 30.3 Å². The van der Waals surface area contributed by atoms with Crippen LogP contribution in [0, 0.1) is 11.8 Å². The van der Waals surface area contributed by atoms with Gasteiger partial charge in [-0.25, -0.2) is 0 Å². The molecule has 1 spiro atoms. The maximum absolute atomic E-state index is 11.4. The highest BCUT2D eigenvalue weighted by atomic mass is 16.5. The SMILES string of the molecule is COc1ccc(-c2cc3c(O)cc4c(c3cc2CO)-c2ccccc2C42CC3CCC2C3)cc1. The van der Waals surface area contributed by atoms with Gasteiger partial charge in [-0.1, -0.05) is 42.8 Å². The lowest BCUT2D eigenvalue weighted by Crippen LogP contribution is -2.31. The predicted octanol–water partition coefficient (Wildman–Crippen LogP) is 6.80. The van der Waals surface area contributed by atoms with Crippen molar-refractivity contribution in [2.24, 2.45) is 11.8 Å². The molecule has 2 bridgehead atoms. The summed E-state index contributed by atoms with van der Waals surface area (Å²) in [7, 11) is 1.66. The minimum Gasteiger partial charge on any atom is -0.507 e. The molecule has 0 aliphatic heterocycles. The van der Waals surface area contributed by atoms with E-state index in [0.29, 0.717) is 11.7 Å². The Balaban J connectivity index is 1.51. The fourth-order valence-corrected chi connectivity index (χ4v) is 7.53. The molecule has 2 fully saturated rings. The molecule has 4 aromatic rings. The summed E-state index contributed by atoms with van der Waals surface area (Å²) in [5.74, 6) is 2.56. The van der Waals surface area contributed by atoms with E-state index in [0.717, 1.165) is 39.1 Å². The largest absolute Gasteiger partial charge is 0.507 e. The number of fused-ring (bicyclic) bond motifs is 10. The Labute approximate surface area is 199 Å². The highest BCUT2D eigenvalue weighted by molar-refractivity contribution is 6.07. The summed E-state index contributed by atoms with van der Waals surface area (Å²) in [6.45, 7) is -0.0563. The molecule has 2 N–H and O–H groups in total. The minimum absolute atomic E-state index is 0.0224. The zero-order valence-electron chi connectivity index (χ0n) is 19.3. The number of aliphatic hydroxyl groups excluding tert-OH is 1. The molecule has 170 valence electrons. The number of benzene rings is 4. The Hall–Kier alpha value is -3.30. The standard InChI is InChI=1S/C31H28O3/c1-34-22-10-7-19(8-11-22)24-14-25-26(13-20(24)17-32)30-23-4-2-3-5-27(23)31(28(30)15-29(25)33)16-18-6-9-21(31)12-18/h2-5,7-8,10-11,13-15,18,21,32-33H,6,9,12,16-17H2,1H3. The van der Waals surface area contributed by atoms with Crippen LogP contribution >= 0.6 is 0 Å². The van der Waals surface area contributed by atoms with Crippen molar-refractivity contribution in [3.63, 3.8) is 0 Å². The lowest BCUT2D eigenvalue weighted by Gasteiger charge is -2.36. The van der Waals surface area contributed by atoms with Crippen molar-refractivity contribution < 1.29 is 14.9 Å². The maximum atomic E-state index is 11.4. The second kappa shape index (κ2) is 7.10. The topological polar surface area (TPSA) is 49.7 Å². The van der Waals surface area contributed by atoms with Crippen LogP contribution in [0.15, 0.2) is 66.7 Å². The van der Waals surface area contributed by atoms with Crippen molar-refractivity contribution in [3.8, 4) is 33.8 Å². The van der Waals surface area contributed by atoms with E-state index in [1.54, 1.807) is 7.11 Å². The van der Waals surface area contributed by atoms with E-state index < -0.39 is 0 Å². The van der Waals surface area contributed by atoms with Crippen molar-refractivity contribution in [2.75, 3.05) is 7.11 Å². The van der Waals surface area contributed by atoms with Gasteiger partial charge in [0.1, 0.15) is 11.5 Å². The van der Waals surface area contributed by atoms with Crippen LogP contribution in [-0.4, -0.2) is 17.3 Å². The van der Waals surface area contributed by atoms with Gasteiger partial charge in [0.05, 0.1) is 13.7 Å². The molecule has 34 heavy (non-hydrogen) atoms. The number of phenols is 1. The third kappa shape index (κ3) is 2.51. The third-order valence-corrected chi connectivity index (χ3v) is 8.92. The summed E-state index contributed by atoms with van der Waals surface area (Å²) >= 11 is 0. The molecule has 4 aromatic carbocycles. The normalized spacial score (nSPS) is 24.1. The molecule has 3 unspecified atom stereocenters. The van der Waals surface area contributed by atoms with Crippen molar-refractivity contribution in [3.05, 3.63) is 83.4 Å². The maximum Gasteiger partial charge on any atom is 0.123 e. The van der Waals surface area contributed by atoms with Gasteiger partial charge in [0.15, 0.2) is 0 Å². The summed E-state index contributed by atoms with van der Waals surface area (Å²) < 4.78 is 5.31. The number of hydrogen-bond acceptors (Lipinski definition) is 3. The number of rotatable bonds is 3. The first-order chi connectivity index (χ1) is 16.6. The molecule has 0 aromatic heterocycles. The molecule has 3 aliphatic rings. The highest BCUT2D eigenvalue weighted by Gasteiger charge is 2.57. The van der Waals surface area contributed by atoms with E-state index in [-0.39, 0.29) is 12.0 Å². The van der Waals surface area contributed by atoms with Gasteiger partial charge in [0, 0.05) is 10.8 Å². The number of ether oxygens (including phenoxy) is 1. The first-order valence-electron chi connectivity index (χ1n) is 12.3. The number of phenolic OH excluding ortho intramolecular Hbond substituents is 1. The second-order valence-electron chi connectivity index (χ2n) is 10.4. The molecule has 0 heterocycles. The van der Waals surface area contributed by atoms with Crippen LogP contribution in [0.1, 0.15) is 42.4 Å². The number of aliphatic hydroxyl groups is 1. The number of methoxy groups -OCH3 is 1. The molecule has 0 amide bonds.